The first-order chi connectivity index (χ1) is 8.16. The molecule has 17 heavy (non-hydrogen) atoms. The first-order valence-corrected chi connectivity index (χ1v) is 6.27. The Balaban J connectivity index is 2.07. The Morgan fingerprint density at radius 1 is 1.47 bits per heavy atom. The van der Waals surface area contributed by atoms with Crippen molar-refractivity contribution >= 4 is 11.5 Å². The molecule has 2 aromatic rings. The smallest absolute Gasteiger partial charge is 0.160 e. The lowest BCUT2D eigenvalue weighted by Crippen LogP contribution is -2.19. The maximum absolute atomic E-state index is 6.03. The van der Waals surface area contributed by atoms with E-state index in [4.69, 9.17) is 10.7 Å². The molecule has 1 unspecified atom stereocenters. The number of nitrogens with zero attached hydrogens (tertiary/aromatic N) is 3. The summed E-state index contributed by atoms with van der Waals surface area (Å²) in [6.45, 7) is 4.28. The Morgan fingerprint density at radius 2 is 2.24 bits per heavy atom. The SMILES string of the molecule is Cc1cnn2c(N)cc(C(C)C3CCC3)nc12. The minimum Gasteiger partial charge on any atom is -0.384 e. The number of fused-ring (bicyclic) bond motifs is 1. The lowest BCUT2D eigenvalue weighted by atomic mass is 9.75. The van der Waals surface area contributed by atoms with Crippen LogP contribution in [0.2, 0.25) is 0 Å². The molecule has 2 heterocycles. The highest BCUT2D eigenvalue weighted by molar-refractivity contribution is 5.52. The van der Waals surface area contributed by atoms with Gasteiger partial charge in [-0.2, -0.15) is 9.61 Å². The summed E-state index contributed by atoms with van der Waals surface area (Å²) < 4.78 is 1.71. The molecule has 90 valence electrons. The first kappa shape index (κ1) is 10.6. The summed E-state index contributed by atoms with van der Waals surface area (Å²) in [5.41, 5.74) is 9.12. The average molecular weight is 230 g/mol. The van der Waals surface area contributed by atoms with Crippen LogP contribution in [0.4, 0.5) is 5.82 Å². The summed E-state index contributed by atoms with van der Waals surface area (Å²) >= 11 is 0. The van der Waals surface area contributed by atoms with Gasteiger partial charge in [0, 0.05) is 23.2 Å². The molecule has 2 N–H and O–H groups in total. The lowest BCUT2D eigenvalue weighted by Gasteiger charge is -2.31. The van der Waals surface area contributed by atoms with E-state index < -0.39 is 0 Å². The van der Waals surface area contributed by atoms with Crippen LogP contribution in [0.15, 0.2) is 12.3 Å². The van der Waals surface area contributed by atoms with Gasteiger partial charge in [-0.3, -0.25) is 0 Å². The molecule has 4 heteroatoms. The van der Waals surface area contributed by atoms with Gasteiger partial charge in [0.05, 0.1) is 6.20 Å². The predicted molar refractivity (Wildman–Crippen MR) is 67.9 cm³/mol. The van der Waals surface area contributed by atoms with Crippen LogP contribution < -0.4 is 5.73 Å². The van der Waals surface area contributed by atoms with E-state index in [1.807, 2.05) is 19.2 Å². The summed E-state index contributed by atoms with van der Waals surface area (Å²) in [7, 11) is 0. The minimum absolute atomic E-state index is 0.505. The third kappa shape index (κ3) is 1.59. The molecule has 3 rings (SSSR count). The number of aromatic nitrogens is 3. The van der Waals surface area contributed by atoms with Crippen LogP contribution in [0, 0.1) is 12.8 Å². The number of anilines is 1. The third-order valence-electron chi connectivity index (χ3n) is 4.02. The number of nitrogens with two attached hydrogens (primary N) is 1. The molecule has 0 saturated heterocycles. The van der Waals surface area contributed by atoms with E-state index in [9.17, 15) is 0 Å². The maximum Gasteiger partial charge on any atom is 0.160 e. The Labute approximate surface area is 101 Å². The van der Waals surface area contributed by atoms with Crippen molar-refractivity contribution in [3.63, 3.8) is 0 Å². The topological polar surface area (TPSA) is 56.2 Å². The fraction of sp³-hybridized carbons (Fsp3) is 0.538. The van der Waals surface area contributed by atoms with Crippen molar-refractivity contribution in [2.45, 2.75) is 39.0 Å². The molecule has 0 amide bonds. The number of hydrogen-bond acceptors (Lipinski definition) is 3. The van der Waals surface area contributed by atoms with E-state index >= 15 is 0 Å². The van der Waals surface area contributed by atoms with Crippen molar-refractivity contribution in [1.29, 1.82) is 0 Å². The summed E-state index contributed by atoms with van der Waals surface area (Å²) in [6.07, 6.45) is 5.83. The van der Waals surface area contributed by atoms with E-state index in [0.29, 0.717) is 11.7 Å². The second-order valence-electron chi connectivity index (χ2n) is 5.15. The van der Waals surface area contributed by atoms with Gasteiger partial charge >= 0.3 is 0 Å². The van der Waals surface area contributed by atoms with Gasteiger partial charge in [-0.05, 0) is 25.7 Å². The molecule has 1 aliphatic rings. The van der Waals surface area contributed by atoms with Gasteiger partial charge in [-0.25, -0.2) is 4.98 Å². The highest BCUT2D eigenvalue weighted by atomic mass is 15.3. The lowest BCUT2D eigenvalue weighted by molar-refractivity contribution is 0.269. The molecule has 1 fully saturated rings. The van der Waals surface area contributed by atoms with Crippen molar-refractivity contribution in [2.24, 2.45) is 5.92 Å². The van der Waals surface area contributed by atoms with Crippen molar-refractivity contribution in [1.82, 2.24) is 14.6 Å². The van der Waals surface area contributed by atoms with E-state index in [2.05, 4.69) is 12.0 Å². The normalized spacial score (nSPS) is 18.2. The molecule has 2 aromatic heterocycles. The van der Waals surface area contributed by atoms with Crippen molar-refractivity contribution in [2.75, 3.05) is 5.73 Å². The predicted octanol–water partition coefficient (Wildman–Crippen LogP) is 2.52. The summed E-state index contributed by atoms with van der Waals surface area (Å²) in [5, 5.41) is 4.23. The highest BCUT2D eigenvalue weighted by Crippen LogP contribution is 2.38. The zero-order valence-corrected chi connectivity index (χ0v) is 10.3. The van der Waals surface area contributed by atoms with Crippen LogP contribution >= 0.6 is 0 Å². The van der Waals surface area contributed by atoms with Gasteiger partial charge in [-0.1, -0.05) is 13.3 Å². The monoisotopic (exact) mass is 230 g/mol. The Kier molecular flexibility index (Phi) is 2.31. The number of nitrogen functional groups attached to an aromatic ring is 1. The molecule has 0 bridgehead atoms. The molecular weight excluding hydrogens is 212 g/mol. The molecule has 0 aromatic carbocycles. The maximum atomic E-state index is 6.03. The van der Waals surface area contributed by atoms with Gasteiger partial charge in [0.15, 0.2) is 5.65 Å². The van der Waals surface area contributed by atoms with E-state index in [1.165, 1.54) is 19.3 Å². The van der Waals surface area contributed by atoms with Gasteiger partial charge in [-0.15, -0.1) is 0 Å². The molecule has 0 spiro atoms. The second kappa shape index (κ2) is 3.72. The van der Waals surface area contributed by atoms with Gasteiger partial charge in [0.25, 0.3) is 0 Å². The third-order valence-corrected chi connectivity index (χ3v) is 4.02. The molecule has 1 aliphatic carbocycles. The van der Waals surface area contributed by atoms with Crippen LogP contribution in [-0.2, 0) is 0 Å². The van der Waals surface area contributed by atoms with E-state index in [1.54, 1.807) is 4.52 Å². The van der Waals surface area contributed by atoms with Crippen LogP contribution in [0.25, 0.3) is 5.65 Å². The molecular formula is C13H18N4. The van der Waals surface area contributed by atoms with Crippen molar-refractivity contribution in [3.05, 3.63) is 23.5 Å². The van der Waals surface area contributed by atoms with Crippen LogP contribution in [0.3, 0.4) is 0 Å². The molecule has 4 nitrogen and oxygen atoms in total. The van der Waals surface area contributed by atoms with Crippen LogP contribution in [0.1, 0.15) is 43.4 Å². The molecule has 0 aliphatic heterocycles. The van der Waals surface area contributed by atoms with Crippen LogP contribution in [-0.4, -0.2) is 14.6 Å². The Bertz CT molecular complexity index is 554. The fourth-order valence-electron chi connectivity index (χ4n) is 2.53. The summed E-state index contributed by atoms with van der Waals surface area (Å²) in [6, 6.07) is 1.97. The molecule has 1 saturated carbocycles. The zero-order chi connectivity index (χ0) is 12.0. The standard InChI is InChI=1S/C13H18N4/c1-8-7-15-17-12(14)6-11(16-13(8)17)9(2)10-4-3-5-10/h6-7,9-10H,3-5,14H2,1-2H3. The van der Waals surface area contributed by atoms with Crippen molar-refractivity contribution < 1.29 is 0 Å². The average Bonchev–Trinajstić information content (AvgIpc) is 2.58. The van der Waals surface area contributed by atoms with E-state index in [-0.39, 0.29) is 0 Å². The Morgan fingerprint density at radius 3 is 2.88 bits per heavy atom. The van der Waals surface area contributed by atoms with Gasteiger partial charge < -0.3 is 5.73 Å². The van der Waals surface area contributed by atoms with Crippen molar-refractivity contribution in [3.8, 4) is 0 Å². The molecule has 0 radical (unpaired) electrons. The van der Waals surface area contributed by atoms with Gasteiger partial charge in [0.2, 0.25) is 0 Å². The summed E-state index contributed by atoms with van der Waals surface area (Å²) in [4.78, 5) is 4.72. The molecule has 1 atom stereocenters. The first-order valence-electron chi connectivity index (χ1n) is 6.27. The minimum atomic E-state index is 0.505. The number of rotatable bonds is 2. The quantitative estimate of drug-likeness (QED) is 0.862. The second-order valence-corrected chi connectivity index (χ2v) is 5.15. The van der Waals surface area contributed by atoms with Gasteiger partial charge in [0.1, 0.15) is 5.82 Å². The fourth-order valence-corrected chi connectivity index (χ4v) is 2.53. The van der Waals surface area contributed by atoms with Crippen LogP contribution in [0.5, 0.6) is 0 Å². The Hall–Kier alpha value is -1.58. The highest BCUT2D eigenvalue weighted by Gasteiger charge is 2.26. The number of hydrogen-bond donors (Lipinski definition) is 1. The largest absolute Gasteiger partial charge is 0.384 e. The summed E-state index contributed by atoms with van der Waals surface area (Å²) in [5.74, 6) is 1.97. The number of aryl methyl sites for hydroxylation is 1. The zero-order valence-electron chi connectivity index (χ0n) is 10.3. The van der Waals surface area contributed by atoms with E-state index in [0.717, 1.165) is 22.8 Å².